The number of morpholine rings is 1. The predicted molar refractivity (Wildman–Crippen MR) is 86.4 cm³/mol. The van der Waals surface area contributed by atoms with Gasteiger partial charge in [0, 0.05) is 13.1 Å². The van der Waals surface area contributed by atoms with Gasteiger partial charge in [-0.05, 0) is 26.0 Å². The van der Waals surface area contributed by atoms with Crippen LogP contribution in [0, 0.1) is 0 Å². The standard InChI is InChI=1S/C17H20F3NO5/c1-3-25-15(22)11-9-12(16(23)26-4-2)14(10-13(11)17(18,19)20)21-5-7-24-8-6-21/h9-10H,3-8H2,1-2H3. The Morgan fingerprint density at radius 2 is 1.58 bits per heavy atom. The summed E-state index contributed by atoms with van der Waals surface area (Å²) in [6, 6.07) is 1.72. The molecule has 1 aliphatic heterocycles. The second-order valence-corrected chi connectivity index (χ2v) is 5.45. The summed E-state index contributed by atoms with van der Waals surface area (Å²) >= 11 is 0. The van der Waals surface area contributed by atoms with E-state index in [4.69, 9.17) is 14.2 Å². The lowest BCUT2D eigenvalue weighted by Gasteiger charge is -2.31. The van der Waals surface area contributed by atoms with Gasteiger partial charge >= 0.3 is 18.1 Å². The molecule has 0 spiro atoms. The highest BCUT2D eigenvalue weighted by Gasteiger charge is 2.38. The number of esters is 2. The van der Waals surface area contributed by atoms with Crippen molar-refractivity contribution in [3.8, 4) is 0 Å². The monoisotopic (exact) mass is 375 g/mol. The van der Waals surface area contributed by atoms with Crippen molar-refractivity contribution in [2.45, 2.75) is 20.0 Å². The summed E-state index contributed by atoms with van der Waals surface area (Å²) in [4.78, 5) is 25.9. The first-order valence-electron chi connectivity index (χ1n) is 8.21. The SMILES string of the molecule is CCOC(=O)c1cc(C(=O)OCC)c(C(F)(F)F)cc1N1CCOCC1. The molecule has 0 N–H and O–H groups in total. The Morgan fingerprint density at radius 3 is 2.08 bits per heavy atom. The number of rotatable bonds is 5. The second kappa shape index (κ2) is 8.39. The van der Waals surface area contributed by atoms with Crippen LogP contribution in [-0.4, -0.2) is 51.5 Å². The van der Waals surface area contributed by atoms with Crippen molar-refractivity contribution < 1.29 is 37.0 Å². The van der Waals surface area contributed by atoms with Crippen LogP contribution < -0.4 is 4.90 Å². The fourth-order valence-corrected chi connectivity index (χ4v) is 2.64. The zero-order valence-corrected chi connectivity index (χ0v) is 14.5. The molecule has 1 aromatic carbocycles. The van der Waals surface area contributed by atoms with Crippen LogP contribution in [0.4, 0.5) is 18.9 Å². The minimum Gasteiger partial charge on any atom is -0.462 e. The van der Waals surface area contributed by atoms with E-state index >= 15 is 0 Å². The molecule has 0 unspecified atom stereocenters. The number of halogens is 3. The Labute approximate surface area is 148 Å². The number of anilines is 1. The van der Waals surface area contributed by atoms with E-state index in [-0.39, 0.29) is 24.5 Å². The molecule has 0 bridgehead atoms. The van der Waals surface area contributed by atoms with Crippen molar-refractivity contribution in [3.63, 3.8) is 0 Å². The molecular formula is C17H20F3NO5. The predicted octanol–water partition coefficient (Wildman–Crippen LogP) is 2.90. The van der Waals surface area contributed by atoms with Gasteiger partial charge in [0.25, 0.3) is 0 Å². The van der Waals surface area contributed by atoms with Gasteiger partial charge in [0.1, 0.15) is 0 Å². The third-order valence-corrected chi connectivity index (χ3v) is 3.78. The van der Waals surface area contributed by atoms with E-state index in [9.17, 15) is 22.8 Å². The van der Waals surface area contributed by atoms with Crippen LogP contribution in [-0.2, 0) is 20.4 Å². The van der Waals surface area contributed by atoms with E-state index in [1.54, 1.807) is 11.8 Å². The molecule has 6 nitrogen and oxygen atoms in total. The highest BCUT2D eigenvalue weighted by molar-refractivity contribution is 6.01. The molecule has 144 valence electrons. The molecule has 0 atom stereocenters. The van der Waals surface area contributed by atoms with Gasteiger partial charge in [-0.3, -0.25) is 0 Å². The quantitative estimate of drug-likeness (QED) is 0.738. The molecule has 0 saturated carbocycles. The Hall–Kier alpha value is -2.29. The van der Waals surface area contributed by atoms with E-state index in [0.717, 1.165) is 12.1 Å². The summed E-state index contributed by atoms with van der Waals surface area (Å²) in [6.45, 7) is 4.33. The molecule has 1 saturated heterocycles. The fourth-order valence-electron chi connectivity index (χ4n) is 2.64. The maximum Gasteiger partial charge on any atom is 0.417 e. The highest BCUT2D eigenvalue weighted by Crippen LogP contribution is 2.37. The van der Waals surface area contributed by atoms with Crippen molar-refractivity contribution in [3.05, 3.63) is 28.8 Å². The Morgan fingerprint density at radius 1 is 1.04 bits per heavy atom. The van der Waals surface area contributed by atoms with Crippen molar-refractivity contribution in [1.29, 1.82) is 0 Å². The number of carbonyl (C=O) groups is 2. The molecule has 0 aliphatic carbocycles. The third-order valence-electron chi connectivity index (χ3n) is 3.78. The van der Waals surface area contributed by atoms with Crippen molar-refractivity contribution in [2.75, 3.05) is 44.4 Å². The number of benzene rings is 1. The van der Waals surface area contributed by atoms with Crippen LogP contribution in [0.15, 0.2) is 12.1 Å². The van der Waals surface area contributed by atoms with E-state index in [1.807, 2.05) is 0 Å². The van der Waals surface area contributed by atoms with Gasteiger partial charge in [-0.1, -0.05) is 0 Å². The molecule has 1 fully saturated rings. The average Bonchev–Trinajstić information content (AvgIpc) is 2.61. The fraction of sp³-hybridized carbons (Fsp3) is 0.529. The summed E-state index contributed by atoms with van der Waals surface area (Å²) in [7, 11) is 0. The van der Waals surface area contributed by atoms with Crippen LogP contribution in [0.5, 0.6) is 0 Å². The zero-order valence-electron chi connectivity index (χ0n) is 14.5. The molecule has 1 aromatic rings. The van der Waals surface area contributed by atoms with Gasteiger partial charge in [0.2, 0.25) is 0 Å². The molecule has 9 heteroatoms. The Balaban J connectivity index is 2.63. The first kappa shape index (κ1) is 20.0. The third kappa shape index (κ3) is 4.46. The van der Waals surface area contributed by atoms with E-state index in [0.29, 0.717) is 26.3 Å². The lowest BCUT2D eigenvalue weighted by molar-refractivity contribution is -0.138. The lowest BCUT2D eigenvalue weighted by atomic mass is 10.00. The number of hydrogen-bond donors (Lipinski definition) is 0. The first-order valence-corrected chi connectivity index (χ1v) is 8.21. The first-order chi connectivity index (χ1) is 12.3. The van der Waals surface area contributed by atoms with E-state index in [1.165, 1.54) is 6.92 Å². The van der Waals surface area contributed by atoms with E-state index < -0.39 is 29.2 Å². The maximum absolute atomic E-state index is 13.5. The second-order valence-electron chi connectivity index (χ2n) is 5.45. The summed E-state index contributed by atoms with van der Waals surface area (Å²) in [5.74, 6) is -1.94. The smallest absolute Gasteiger partial charge is 0.417 e. The molecule has 1 aliphatic rings. The Kier molecular flexibility index (Phi) is 6.47. The number of ether oxygens (including phenoxy) is 3. The zero-order chi connectivity index (χ0) is 19.3. The van der Waals surface area contributed by atoms with Gasteiger partial charge < -0.3 is 19.1 Å². The molecule has 0 amide bonds. The number of carbonyl (C=O) groups excluding carboxylic acids is 2. The Bertz CT molecular complexity index is 669. The minimum absolute atomic E-state index is 0.0527. The summed E-state index contributed by atoms with van der Waals surface area (Å²) in [5, 5.41) is 0. The molecule has 26 heavy (non-hydrogen) atoms. The average molecular weight is 375 g/mol. The van der Waals surface area contributed by atoms with Gasteiger partial charge in [-0.2, -0.15) is 13.2 Å². The number of hydrogen-bond acceptors (Lipinski definition) is 6. The van der Waals surface area contributed by atoms with Crippen LogP contribution >= 0.6 is 0 Å². The van der Waals surface area contributed by atoms with Gasteiger partial charge in [-0.25, -0.2) is 9.59 Å². The molecule has 1 heterocycles. The van der Waals surface area contributed by atoms with Gasteiger partial charge in [0.15, 0.2) is 0 Å². The summed E-state index contributed by atoms with van der Waals surface area (Å²) in [6.07, 6.45) is -4.78. The van der Waals surface area contributed by atoms with Crippen molar-refractivity contribution in [2.24, 2.45) is 0 Å². The number of nitrogens with zero attached hydrogens (tertiary/aromatic N) is 1. The normalized spacial score (nSPS) is 14.9. The molecular weight excluding hydrogens is 355 g/mol. The minimum atomic E-state index is -4.78. The summed E-state index contributed by atoms with van der Waals surface area (Å²) < 4.78 is 55.4. The van der Waals surface area contributed by atoms with Crippen molar-refractivity contribution >= 4 is 17.6 Å². The van der Waals surface area contributed by atoms with Crippen LogP contribution in [0.2, 0.25) is 0 Å². The largest absolute Gasteiger partial charge is 0.462 e. The molecule has 0 radical (unpaired) electrons. The molecule has 0 aromatic heterocycles. The van der Waals surface area contributed by atoms with E-state index in [2.05, 4.69) is 0 Å². The maximum atomic E-state index is 13.5. The van der Waals surface area contributed by atoms with Gasteiger partial charge in [-0.15, -0.1) is 0 Å². The summed E-state index contributed by atoms with van der Waals surface area (Å²) in [5.41, 5.74) is -1.90. The van der Waals surface area contributed by atoms with Crippen molar-refractivity contribution in [1.82, 2.24) is 0 Å². The molecule has 2 rings (SSSR count). The highest BCUT2D eigenvalue weighted by atomic mass is 19.4. The van der Waals surface area contributed by atoms with Crippen LogP contribution in [0.1, 0.15) is 40.1 Å². The lowest BCUT2D eigenvalue weighted by Crippen LogP contribution is -2.37. The van der Waals surface area contributed by atoms with Gasteiger partial charge in [0.05, 0.1) is 48.8 Å². The number of alkyl halides is 3. The van der Waals surface area contributed by atoms with Crippen LogP contribution in [0.25, 0.3) is 0 Å². The van der Waals surface area contributed by atoms with Crippen LogP contribution in [0.3, 0.4) is 0 Å². The topological polar surface area (TPSA) is 65.1 Å².